The van der Waals surface area contributed by atoms with Crippen molar-refractivity contribution in [3.63, 3.8) is 0 Å². The molecule has 0 aliphatic carbocycles. The molecule has 116 valence electrons. The third kappa shape index (κ3) is 3.02. The van der Waals surface area contributed by atoms with Crippen LogP contribution in [0, 0.1) is 0 Å². The highest BCUT2D eigenvalue weighted by atomic mass is 32.2. The molecule has 0 radical (unpaired) electrons. The zero-order valence-electron chi connectivity index (χ0n) is 11.6. The summed E-state index contributed by atoms with van der Waals surface area (Å²) in [7, 11) is -2.89. The van der Waals surface area contributed by atoms with E-state index in [1.54, 1.807) is 0 Å². The monoisotopic (exact) mass is 322 g/mol. The number of methoxy groups -OCH3 is 1. The second kappa shape index (κ2) is 6.04. The highest BCUT2D eigenvalue weighted by molar-refractivity contribution is 7.92. The number of hydrogen-bond donors (Lipinski definition) is 2. The molecule has 0 saturated heterocycles. The SMILES string of the molecule is COC(=O)c1ccc(N(O)S(=O)(=O)c2ccc(N)cc2)cc1. The van der Waals surface area contributed by atoms with Crippen LogP contribution in [0.4, 0.5) is 11.4 Å². The minimum Gasteiger partial charge on any atom is -0.465 e. The summed E-state index contributed by atoms with van der Waals surface area (Å²) in [5, 5.41) is 9.96. The maximum absolute atomic E-state index is 12.3. The molecule has 2 aromatic rings. The average Bonchev–Trinajstić information content (AvgIpc) is 2.54. The van der Waals surface area contributed by atoms with Crippen LogP contribution in [0.3, 0.4) is 0 Å². The van der Waals surface area contributed by atoms with Gasteiger partial charge in [-0.2, -0.15) is 8.42 Å². The quantitative estimate of drug-likeness (QED) is 0.503. The Kier molecular flexibility index (Phi) is 4.34. The number of benzene rings is 2. The van der Waals surface area contributed by atoms with Crippen molar-refractivity contribution >= 4 is 27.4 Å². The molecule has 2 aromatic carbocycles. The Bertz CT molecular complexity index is 770. The highest BCUT2D eigenvalue weighted by Crippen LogP contribution is 2.23. The molecule has 2 rings (SSSR count). The molecule has 0 aliphatic heterocycles. The van der Waals surface area contributed by atoms with Gasteiger partial charge in [-0.3, -0.25) is 5.21 Å². The fourth-order valence-corrected chi connectivity index (χ4v) is 2.80. The summed E-state index contributed by atoms with van der Waals surface area (Å²) in [5.74, 6) is -0.558. The largest absolute Gasteiger partial charge is 0.465 e. The summed E-state index contributed by atoms with van der Waals surface area (Å²) in [6, 6.07) is 10.7. The number of carbonyl (C=O) groups is 1. The standard InChI is InChI=1S/C14H14N2O5S/c1-21-14(17)10-2-6-12(7-3-10)16(18)22(19,20)13-8-4-11(15)5-9-13/h2-9,18H,15H2,1H3. The molecule has 0 aliphatic rings. The Morgan fingerprint density at radius 2 is 1.64 bits per heavy atom. The van der Waals surface area contributed by atoms with Gasteiger partial charge in [-0.05, 0) is 48.5 Å². The van der Waals surface area contributed by atoms with Gasteiger partial charge in [-0.15, -0.1) is 4.47 Å². The first-order valence-corrected chi connectivity index (χ1v) is 7.58. The van der Waals surface area contributed by atoms with E-state index in [2.05, 4.69) is 4.74 Å². The first-order valence-electron chi connectivity index (χ1n) is 6.14. The number of carbonyl (C=O) groups excluding carboxylic acids is 1. The van der Waals surface area contributed by atoms with E-state index in [1.165, 1.54) is 55.6 Å². The van der Waals surface area contributed by atoms with Crippen LogP contribution in [-0.4, -0.2) is 26.7 Å². The molecule has 0 amide bonds. The van der Waals surface area contributed by atoms with Gasteiger partial charge in [-0.25, -0.2) is 4.79 Å². The number of nitrogen functional groups attached to an aromatic ring is 1. The number of esters is 1. The third-order valence-electron chi connectivity index (χ3n) is 2.91. The summed E-state index contributed by atoms with van der Waals surface area (Å²) in [5.41, 5.74) is 6.14. The Hall–Kier alpha value is -2.58. The molecule has 3 N–H and O–H groups in total. The molecule has 0 fully saturated rings. The molecular weight excluding hydrogens is 308 g/mol. The molecule has 0 unspecified atom stereocenters. The van der Waals surface area contributed by atoms with Crippen LogP contribution in [-0.2, 0) is 14.8 Å². The molecule has 0 aromatic heterocycles. The zero-order valence-corrected chi connectivity index (χ0v) is 12.4. The molecule has 0 atom stereocenters. The first kappa shape index (κ1) is 15.8. The number of hydrogen-bond acceptors (Lipinski definition) is 6. The van der Waals surface area contributed by atoms with E-state index in [1.807, 2.05) is 0 Å². The number of anilines is 2. The van der Waals surface area contributed by atoms with E-state index < -0.39 is 16.0 Å². The summed E-state index contributed by atoms with van der Waals surface area (Å²) in [6.07, 6.45) is 0. The van der Waals surface area contributed by atoms with Crippen molar-refractivity contribution in [2.75, 3.05) is 17.3 Å². The van der Waals surface area contributed by atoms with Crippen molar-refractivity contribution in [1.82, 2.24) is 0 Å². The first-order chi connectivity index (χ1) is 10.4. The van der Waals surface area contributed by atoms with Crippen LogP contribution < -0.4 is 10.2 Å². The van der Waals surface area contributed by atoms with E-state index in [0.717, 1.165) is 0 Å². The molecule has 0 heterocycles. The number of ether oxygens (including phenoxy) is 1. The summed E-state index contributed by atoms with van der Waals surface area (Å²) < 4.78 is 29.2. The van der Waals surface area contributed by atoms with Crippen LogP contribution >= 0.6 is 0 Å². The lowest BCUT2D eigenvalue weighted by atomic mass is 10.2. The van der Waals surface area contributed by atoms with E-state index in [0.29, 0.717) is 5.69 Å². The van der Waals surface area contributed by atoms with E-state index in [-0.39, 0.29) is 20.6 Å². The van der Waals surface area contributed by atoms with Crippen LogP contribution in [0.1, 0.15) is 10.4 Å². The van der Waals surface area contributed by atoms with Crippen molar-refractivity contribution in [3.05, 3.63) is 54.1 Å². The maximum Gasteiger partial charge on any atom is 0.337 e. The average molecular weight is 322 g/mol. The van der Waals surface area contributed by atoms with Crippen molar-refractivity contribution in [3.8, 4) is 0 Å². The highest BCUT2D eigenvalue weighted by Gasteiger charge is 2.23. The van der Waals surface area contributed by atoms with Crippen LogP contribution in [0.2, 0.25) is 0 Å². The Labute approximate surface area is 127 Å². The predicted octanol–water partition coefficient (Wildman–Crippen LogP) is 1.64. The van der Waals surface area contributed by atoms with Gasteiger partial charge in [0.1, 0.15) is 0 Å². The summed E-state index contributed by atoms with van der Waals surface area (Å²) in [6.45, 7) is 0. The number of nitrogens with two attached hydrogens (primary N) is 1. The predicted molar refractivity (Wildman–Crippen MR) is 80.1 cm³/mol. The van der Waals surface area contributed by atoms with Gasteiger partial charge in [0.15, 0.2) is 0 Å². The van der Waals surface area contributed by atoms with Crippen molar-refractivity contribution in [2.45, 2.75) is 4.90 Å². The lowest BCUT2D eigenvalue weighted by Gasteiger charge is -2.17. The fourth-order valence-electron chi connectivity index (χ4n) is 1.72. The molecule has 0 saturated carbocycles. The minimum atomic E-state index is -4.13. The van der Waals surface area contributed by atoms with Crippen molar-refractivity contribution < 1.29 is 23.2 Å². The Balaban J connectivity index is 2.32. The fraction of sp³-hybridized carbons (Fsp3) is 0.0714. The van der Waals surface area contributed by atoms with Crippen LogP contribution in [0.15, 0.2) is 53.4 Å². The minimum absolute atomic E-state index is 0.00974. The smallest absolute Gasteiger partial charge is 0.337 e. The van der Waals surface area contributed by atoms with Gasteiger partial charge < -0.3 is 10.5 Å². The topological polar surface area (TPSA) is 110 Å². The van der Waals surface area contributed by atoms with Crippen LogP contribution in [0.5, 0.6) is 0 Å². The molecular formula is C14H14N2O5S. The van der Waals surface area contributed by atoms with Crippen molar-refractivity contribution in [1.29, 1.82) is 0 Å². The van der Waals surface area contributed by atoms with Crippen molar-refractivity contribution in [2.24, 2.45) is 0 Å². The molecule has 7 nitrogen and oxygen atoms in total. The summed E-state index contributed by atoms with van der Waals surface area (Å²) >= 11 is 0. The maximum atomic E-state index is 12.3. The lowest BCUT2D eigenvalue weighted by Crippen LogP contribution is -2.27. The van der Waals surface area contributed by atoms with Gasteiger partial charge in [0.05, 0.1) is 23.3 Å². The zero-order chi connectivity index (χ0) is 16.3. The van der Waals surface area contributed by atoms with E-state index in [9.17, 15) is 18.4 Å². The van der Waals surface area contributed by atoms with E-state index in [4.69, 9.17) is 5.73 Å². The van der Waals surface area contributed by atoms with Crippen LogP contribution in [0.25, 0.3) is 0 Å². The molecule has 8 heteroatoms. The summed E-state index contributed by atoms with van der Waals surface area (Å²) in [4.78, 5) is 11.2. The lowest BCUT2D eigenvalue weighted by molar-refractivity contribution is 0.0600. The van der Waals surface area contributed by atoms with Gasteiger partial charge in [0.25, 0.3) is 10.0 Å². The van der Waals surface area contributed by atoms with E-state index >= 15 is 0 Å². The molecule has 0 spiro atoms. The third-order valence-corrected chi connectivity index (χ3v) is 4.45. The molecule has 22 heavy (non-hydrogen) atoms. The van der Waals surface area contributed by atoms with Gasteiger partial charge in [-0.1, -0.05) is 0 Å². The second-order valence-corrected chi connectivity index (χ2v) is 6.12. The van der Waals surface area contributed by atoms with Gasteiger partial charge in [0.2, 0.25) is 0 Å². The number of rotatable bonds is 4. The Morgan fingerprint density at radius 3 is 2.14 bits per heavy atom. The molecule has 0 bridgehead atoms. The normalized spacial score (nSPS) is 11.0. The number of nitrogens with zero attached hydrogens (tertiary/aromatic N) is 1. The Morgan fingerprint density at radius 1 is 1.09 bits per heavy atom. The second-order valence-electron chi connectivity index (χ2n) is 4.36. The van der Waals surface area contributed by atoms with Gasteiger partial charge >= 0.3 is 5.97 Å². The van der Waals surface area contributed by atoms with Gasteiger partial charge in [0, 0.05) is 5.69 Å². The number of sulfonamides is 1.